The van der Waals surface area contributed by atoms with Crippen LogP contribution in [0, 0.1) is 11.8 Å². The highest BCUT2D eigenvalue weighted by Crippen LogP contribution is 2.42. The second kappa shape index (κ2) is 8.62. The summed E-state index contributed by atoms with van der Waals surface area (Å²) in [5.41, 5.74) is 7.70. The summed E-state index contributed by atoms with van der Waals surface area (Å²) < 4.78 is 35.2. The molecule has 0 amide bonds. The van der Waals surface area contributed by atoms with Gasteiger partial charge in [0.05, 0.1) is 18.4 Å². The van der Waals surface area contributed by atoms with Gasteiger partial charge >= 0.3 is 6.55 Å². The lowest BCUT2D eigenvalue weighted by molar-refractivity contribution is 0.0699. The molecule has 30 heavy (non-hydrogen) atoms. The fraction of sp³-hybridized carbons (Fsp3) is 0.429. The molecule has 1 fully saturated rings. The minimum Gasteiger partial charge on any atom is -0.467 e. The molecule has 0 radical (unpaired) electrons. The van der Waals surface area contributed by atoms with Crippen molar-refractivity contribution in [3.63, 3.8) is 0 Å². The summed E-state index contributed by atoms with van der Waals surface area (Å²) in [6, 6.07) is 3.30. The van der Waals surface area contributed by atoms with Crippen LogP contribution >= 0.6 is 11.6 Å². The zero-order valence-corrected chi connectivity index (χ0v) is 17.2. The average molecular weight is 434 g/mol. The molecule has 158 valence electrons. The van der Waals surface area contributed by atoms with E-state index in [4.69, 9.17) is 21.8 Å². The Bertz CT molecular complexity index is 1100. The Hall–Kier alpha value is -2.63. The van der Waals surface area contributed by atoms with E-state index >= 15 is 0 Å². The van der Waals surface area contributed by atoms with E-state index < -0.39 is 6.55 Å². The van der Waals surface area contributed by atoms with Gasteiger partial charge in [-0.25, -0.2) is 4.98 Å². The summed E-state index contributed by atoms with van der Waals surface area (Å²) in [5.74, 6) is 6.41. The van der Waals surface area contributed by atoms with Crippen molar-refractivity contribution in [3.8, 4) is 11.8 Å². The topological polar surface area (TPSA) is 81.9 Å². The van der Waals surface area contributed by atoms with E-state index in [9.17, 15) is 8.78 Å². The molecule has 4 rings (SSSR count). The van der Waals surface area contributed by atoms with Crippen molar-refractivity contribution in [1.29, 1.82) is 0 Å². The van der Waals surface area contributed by atoms with Gasteiger partial charge in [-0.2, -0.15) is 13.8 Å². The molecule has 2 atom stereocenters. The highest BCUT2D eigenvalue weighted by molar-refractivity contribution is 6.28. The molecule has 0 saturated heterocycles. The molecule has 0 bridgehead atoms. The molecule has 1 saturated carbocycles. The van der Waals surface area contributed by atoms with Gasteiger partial charge in [-0.15, -0.1) is 5.92 Å². The number of hydrogen-bond donors (Lipinski definition) is 2. The number of aromatic nitrogens is 3. The molecular formula is C21H22ClF2N5O. The number of nitrogens with two attached hydrogens (primary N) is 1. The van der Waals surface area contributed by atoms with E-state index in [0.717, 1.165) is 30.3 Å². The third-order valence-corrected chi connectivity index (χ3v) is 5.65. The molecule has 3 aromatic rings. The van der Waals surface area contributed by atoms with Crippen LogP contribution in [0.3, 0.4) is 0 Å². The Morgan fingerprint density at radius 2 is 2.17 bits per heavy atom. The highest BCUT2D eigenvalue weighted by Gasteiger charge is 2.34. The molecular weight excluding hydrogens is 412 g/mol. The molecule has 0 spiro atoms. The molecule has 6 nitrogen and oxygen atoms in total. The van der Waals surface area contributed by atoms with Crippen LogP contribution in [-0.2, 0) is 6.54 Å². The number of fused-ring (bicyclic) bond motifs is 1. The van der Waals surface area contributed by atoms with Crippen LogP contribution in [0.5, 0.6) is 0 Å². The van der Waals surface area contributed by atoms with Crippen molar-refractivity contribution in [3.05, 3.63) is 40.7 Å². The second-order valence-corrected chi connectivity index (χ2v) is 7.65. The Balaban J connectivity index is 1.95. The molecule has 1 aliphatic rings. The maximum atomic E-state index is 14.4. The molecule has 0 unspecified atom stereocenters. The van der Waals surface area contributed by atoms with Gasteiger partial charge in [0.15, 0.2) is 5.82 Å². The van der Waals surface area contributed by atoms with Crippen molar-refractivity contribution in [2.75, 3.05) is 5.32 Å². The fourth-order valence-corrected chi connectivity index (χ4v) is 4.38. The first-order valence-corrected chi connectivity index (χ1v) is 10.2. The Morgan fingerprint density at radius 1 is 1.37 bits per heavy atom. The van der Waals surface area contributed by atoms with Crippen LogP contribution in [0.4, 0.5) is 14.6 Å². The summed E-state index contributed by atoms with van der Waals surface area (Å²) in [6.45, 7) is -0.885. The lowest BCUT2D eigenvalue weighted by atomic mass is 9.81. The van der Waals surface area contributed by atoms with E-state index in [-0.39, 0.29) is 35.1 Å². The molecule has 3 heterocycles. The van der Waals surface area contributed by atoms with Gasteiger partial charge < -0.3 is 15.5 Å². The monoisotopic (exact) mass is 433 g/mol. The van der Waals surface area contributed by atoms with Crippen LogP contribution in [-0.4, -0.2) is 20.6 Å². The predicted octanol–water partition coefficient (Wildman–Crippen LogP) is 5.04. The van der Waals surface area contributed by atoms with Crippen molar-refractivity contribution in [1.82, 2.24) is 14.5 Å². The van der Waals surface area contributed by atoms with Crippen LogP contribution in [0.25, 0.3) is 11.0 Å². The predicted molar refractivity (Wildman–Crippen MR) is 112 cm³/mol. The first-order chi connectivity index (χ1) is 14.5. The first-order valence-electron chi connectivity index (χ1n) is 9.85. The standard InChI is InChI=1S/C21H22ClF2N5O/c1-2-6-14-16-18(19(28-20(22)27-16)26-11-12-7-5-10-30-12)29(21(23)24)17(14)13-8-3-4-9-15(13)25/h5,7,10,13,15,21H,3-4,8-9,11,25H2,1H3,(H,26,27,28)/t13-,15-/m0/s1. The lowest BCUT2D eigenvalue weighted by Gasteiger charge is -2.30. The maximum Gasteiger partial charge on any atom is 0.319 e. The van der Waals surface area contributed by atoms with Crippen molar-refractivity contribution in [2.45, 2.75) is 57.7 Å². The smallest absolute Gasteiger partial charge is 0.319 e. The molecule has 3 N–H and O–H groups in total. The van der Waals surface area contributed by atoms with E-state index in [0.29, 0.717) is 22.5 Å². The number of hydrogen-bond acceptors (Lipinski definition) is 5. The highest BCUT2D eigenvalue weighted by atomic mass is 35.5. The maximum absolute atomic E-state index is 14.4. The van der Waals surface area contributed by atoms with Crippen LogP contribution in [0.15, 0.2) is 22.8 Å². The summed E-state index contributed by atoms with van der Waals surface area (Å²) in [5, 5.41) is 3.01. The van der Waals surface area contributed by atoms with E-state index in [1.165, 1.54) is 0 Å². The lowest BCUT2D eigenvalue weighted by Crippen LogP contribution is -2.33. The first kappa shape index (κ1) is 20.6. The minimum absolute atomic E-state index is 0.0468. The largest absolute Gasteiger partial charge is 0.467 e. The molecule has 0 aliphatic heterocycles. The second-order valence-electron chi connectivity index (χ2n) is 7.31. The van der Waals surface area contributed by atoms with Gasteiger partial charge in [0.1, 0.15) is 16.8 Å². The third kappa shape index (κ3) is 3.75. The number of nitrogens with one attached hydrogen (secondary N) is 1. The van der Waals surface area contributed by atoms with Gasteiger partial charge in [0.25, 0.3) is 0 Å². The Morgan fingerprint density at radius 3 is 2.83 bits per heavy atom. The SMILES string of the molecule is CC#Cc1c([C@H]2CCCC[C@@H]2N)n(C(F)F)c2c(NCc3ccco3)nc(Cl)nc12. The van der Waals surface area contributed by atoms with Gasteiger partial charge in [-0.1, -0.05) is 18.8 Å². The number of nitrogens with zero attached hydrogens (tertiary/aromatic N) is 3. The summed E-state index contributed by atoms with van der Waals surface area (Å²) >= 11 is 6.16. The molecule has 1 aliphatic carbocycles. The van der Waals surface area contributed by atoms with Crippen LogP contribution in [0.2, 0.25) is 5.28 Å². The third-order valence-electron chi connectivity index (χ3n) is 5.48. The zero-order chi connectivity index (χ0) is 21.3. The number of anilines is 1. The normalized spacial score (nSPS) is 19.1. The van der Waals surface area contributed by atoms with Crippen molar-refractivity contribution < 1.29 is 13.2 Å². The number of rotatable bonds is 5. The summed E-state index contributed by atoms with van der Waals surface area (Å²) in [6.07, 6.45) is 4.96. The summed E-state index contributed by atoms with van der Waals surface area (Å²) in [4.78, 5) is 8.47. The number of alkyl halides is 2. The van der Waals surface area contributed by atoms with Gasteiger partial charge in [-0.3, -0.25) is 4.57 Å². The number of halogens is 3. The Labute approximate surface area is 177 Å². The van der Waals surface area contributed by atoms with Gasteiger partial charge in [0, 0.05) is 17.7 Å². The summed E-state index contributed by atoms with van der Waals surface area (Å²) in [7, 11) is 0. The molecule has 9 heteroatoms. The quantitative estimate of drug-likeness (QED) is 0.435. The fourth-order valence-electron chi connectivity index (χ4n) is 4.21. The minimum atomic E-state index is -2.81. The van der Waals surface area contributed by atoms with Crippen molar-refractivity contribution >= 4 is 28.5 Å². The molecule has 0 aromatic carbocycles. The van der Waals surface area contributed by atoms with E-state index in [1.807, 2.05) is 0 Å². The van der Waals surface area contributed by atoms with Crippen LogP contribution in [0.1, 0.15) is 62.1 Å². The van der Waals surface area contributed by atoms with Crippen molar-refractivity contribution in [2.24, 2.45) is 5.73 Å². The van der Waals surface area contributed by atoms with E-state index in [1.54, 1.807) is 25.3 Å². The Kier molecular flexibility index (Phi) is 5.93. The molecule has 3 aromatic heterocycles. The average Bonchev–Trinajstić information content (AvgIpc) is 3.33. The zero-order valence-electron chi connectivity index (χ0n) is 16.5. The number of furan rings is 1. The van der Waals surface area contributed by atoms with Gasteiger partial charge in [-0.05, 0) is 43.5 Å². The van der Waals surface area contributed by atoms with Crippen LogP contribution < -0.4 is 11.1 Å². The van der Waals surface area contributed by atoms with E-state index in [2.05, 4.69) is 27.1 Å². The van der Waals surface area contributed by atoms with Gasteiger partial charge in [0.2, 0.25) is 5.28 Å².